The van der Waals surface area contributed by atoms with Crippen molar-refractivity contribution in [3.05, 3.63) is 28.8 Å². The minimum Gasteiger partial charge on any atom is -0.495 e. The first-order chi connectivity index (χ1) is 6.64. The Labute approximate surface area is 89.0 Å². The standard InChI is InChI=1S/C11H14ClNO/c1-14-10-8(3-2-4-9(10)12)7-11(13)5-6-11/h2-4H,5-7,13H2,1H3. The summed E-state index contributed by atoms with van der Waals surface area (Å²) in [5.41, 5.74) is 7.16. The van der Waals surface area contributed by atoms with Gasteiger partial charge in [-0.2, -0.15) is 0 Å². The van der Waals surface area contributed by atoms with E-state index in [4.69, 9.17) is 22.1 Å². The number of ether oxygens (including phenoxy) is 1. The molecule has 0 aliphatic heterocycles. The number of para-hydroxylation sites is 1. The van der Waals surface area contributed by atoms with Crippen molar-refractivity contribution in [2.45, 2.75) is 24.8 Å². The molecule has 0 heterocycles. The first-order valence-electron chi connectivity index (χ1n) is 4.75. The monoisotopic (exact) mass is 211 g/mol. The Morgan fingerprint density at radius 2 is 2.21 bits per heavy atom. The van der Waals surface area contributed by atoms with E-state index < -0.39 is 0 Å². The lowest BCUT2D eigenvalue weighted by atomic mass is 10.0. The number of hydrogen-bond donors (Lipinski definition) is 1. The summed E-state index contributed by atoms with van der Waals surface area (Å²) in [5, 5.41) is 0.661. The molecule has 0 aromatic heterocycles. The zero-order chi connectivity index (χ0) is 10.2. The van der Waals surface area contributed by atoms with Gasteiger partial charge in [-0.25, -0.2) is 0 Å². The fraction of sp³-hybridized carbons (Fsp3) is 0.455. The van der Waals surface area contributed by atoms with Gasteiger partial charge in [0.2, 0.25) is 0 Å². The van der Waals surface area contributed by atoms with Crippen LogP contribution >= 0.6 is 11.6 Å². The van der Waals surface area contributed by atoms with E-state index in [0.29, 0.717) is 5.02 Å². The summed E-state index contributed by atoms with van der Waals surface area (Å²) in [6, 6.07) is 5.80. The third kappa shape index (κ3) is 1.86. The van der Waals surface area contributed by atoms with E-state index in [1.54, 1.807) is 7.11 Å². The van der Waals surface area contributed by atoms with E-state index in [9.17, 15) is 0 Å². The van der Waals surface area contributed by atoms with Gasteiger partial charge in [0.1, 0.15) is 5.75 Å². The number of rotatable bonds is 3. The zero-order valence-corrected chi connectivity index (χ0v) is 8.97. The summed E-state index contributed by atoms with van der Waals surface area (Å²) in [6.45, 7) is 0. The fourth-order valence-corrected chi connectivity index (χ4v) is 1.91. The van der Waals surface area contributed by atoms with Crippen molar-refractivity contribution in [2.75, 3.05) is 7.11 Å². The van der Waals surface area contributed by atoms with Crippen LogP contribution in [0.3, 0.4) is 0 Å². The maximum atomic E-state index is 6.05. The maximum Gasteiger partial charge on any atom is 0.140 e. The third-order valence-corrected chi connectivity index (χ3v) is 2.99. The number of methoxy groups -OCH3 is 1. The molecule has 14 heavy (non-hydrogen) atoms. The highest BCUT2D eigenvalue weighted by Gasteiger charge is 2.38. The van der Waals surface area contributed by atoms with Gasteiger partial charge in [-0.3, -0.25) is 0 Å². The SMILES string of the molecule is COc1c(Cl)cccc1CC1(N)CC1. The van der Waals surface area contributed by atoms with Gasteiger partial charge < -0.3 is 10.5 Å². The fourth-order valence-electron chi connectivity index (χ4n) is 1.64. The minimum atomic E-state index is -0.00202. The molecule has 0 saturated heterocycles. The second-order valence-electron chi connectivity index (χ2n) is 3.97. The van der Waals surface area contributed by atoms with Gasteiger partial charge in [-0.15, -0.1) is 0 Å². The Morgan fingerprint density at radius 1 is 1.50 bits per heavy atom. The molecule has 0 amide bonds. The second-order valence-corrected chi connectivity index (χ2v) is 4.38. The van der Waals surface area contributed by atoms with E-state index >= 15 is 0 Å². The summed E-state index contributed by atoms with van der Waals surface area (Å²) in [4.78, 5) is 0. The van der Waals surface area contributed by atoms with Crippen LogP contribution in [0, 0.1) is 0 Å². The van der Waals surface area contributed by atoms with Crippen molar-refractivity contribution in [2.24, 2.45) is 5.73 Å². The molecular formula is C11H14ClNO. The summed E-state index contributed by atoms with van der Waals surface area (Å²) in [7, 11) is 1.64. The largest absolute Gasteiger partial charge is 0.495 e. The summed E-state index contributed by atoms with van der Waals surface area (Å²) in [6.07, 6.45) is 3.06. The molecule has 1 aliphatic carbocycles. The van der Waals surface area contributed by atoms with Crippen molar-refractivity contribution in [1.82, 2.24) is 0 Å². The Kier molecular flexibility index (Phi) is 2.41. The van der Waals surface area contributed by atoms with Gasteiger partial charge in [-0.1, -0.05) is 23.7 Å². The molecule has 0 spiro atoms. The number of nitrogens with two attached hydrogens (primary N) is 1. The van der Waals surface area contributed by atoms with Gasteiger partial charge >= 0.3 is 0 Å². The minimum absolute atomic E-state index is 0.00202. The van der Waals surface area contributed by atoms with Crippen LogP contribution in [0.1, 0.15) is 18.4 Å². The highest BCUT2D eigenvalue weighted by molar-refractivity contribution is 6.32. The molecule has 1 aliphatic rings. The van der Waals surface area contributed by atoms with Crippen molar-refractivity contribution < 1.29 is 4.74 Å². The van der Waals surface area contributed by atoms with Crippen LogP contribution in [0.25, 0.3) is 0 Å². The molecule has 1 aromatic rings. The predicted molar refractivity (Wildman–Crippen MR) is 57.9 cm³/mol. The van der Waals surface area contributed by atoms with Crippen molar-refractivity contribution in [3.63, 3.8) is 0 Å². The Bertz CT molecular complexity index is 347. The third-order valence-electron chi connectivity index (χ3n) is 2.69. The molecule has 2 N–H and O–H groups in total. The molecule has 0 unspecified atom stereocenters. The van der Waals surface area contributed by atoms with Crippen LogP contribution in [-0.2, 0) is 6.42 Å². The van der Waals surface area contributed by atoms with Gasteiger partial charge in [0, 0.05) is 5.54 Å². The highest BCUT2D eigenvalue weighted by Crippen LogP contribution is 2.39. The lowest BCUT2D eigenvalue weighted by molar-refractivity contribution is 0.407. The molecule has 0 radical (unpaired) electrons. The van der Waals surface area contributed by atoms with Crippen LogP contribution < -0.4 is 10.5 Å². The Balaban J connectivity index is 2.27. The average Bonchev–Trinajstić information content (AvgIpc) is 2.84. The molecule has 1 aromatic carbocycles. The Hall–Kier alpha value is -0.730. The van der Waals surface area contributed by atoms with Crippen molar-refractivity contribution in [1.29, 1.82) is 0 Å². The van der Waals surface area contributed by atoms with E-state index in [-0.39, 0.29) is 5.54 Å². The molecule has 76 valence electrons. The molecule has 1 fully saturated rings. The molecule has 0 atom stereocenters. The molecule has 3 heteroatoms. The van der Waals surface area contributed by atoms with Crippen molar-refractivity contribution in [3.8, 4) is 5.75 Å². The van der Waals surface area contributed by atoms with Gasteiger partial charge in [0.05, 0.1) is 12.1 Å². The molecule has 0 bridgehead atoms. The van der Waals surface area contributed by atoms with E-state index in [2.05, 4.69) is 0 Å². The Morgan fingerprint density at radius 3 is 2.79 bits per heavy atom. The zero-order valence-electron chi connectivity index (χ0n) is 8.22. The molecule has 2 rings (SSSR count). The topological polar surface area (TPSA) is 35.2 Å². The predicted octanol–water partition coefficient (Wildman–Crippen LogP) is 2.38. The molecular weight excluding hydrogens is 198 g/mol. The van der Waals surface area contributed by atoms with E-state index in [0.717, 1.165) is 30.6 Å². The normalized spacial score (nSPS) is 17.9. The second kappa shape index (κ2) is 3.44. The molecule has 2 nitrogen and oxygen atoms in total. The first-order valence-corrected chi connectivity index (χ1v) is 5.13. The van der Waals surface area contributed by atoms with E-state index in [1.165, 1.54) is 0 Å². The van der Waals surface area contributed by atoms with Crippen LogP contribution in [0.15, 0.2) is 18.2 Å². The van der Waals surface area contributed by atoms with E-state index in [1.807, 2.05) is 18.2 Å². The summed E-state index contributed by atoms with van der Waals surface area (Å²) < 4.78 is 5.26. The summed E-state index contributed by atoms with van der Waals surface area (Å²) in [5.74, 6) is 0.769. The lowest BCUT2D eigenvalue weighted by Gasteiger charge is -2.13. The number of benzene rings is 1. The first kappa shape index (κ1) is 9.81. The summed E-state index contributed by atoms with van der Waals surface area (Å²) >= 11 is 6.01. The maximum absolute atomic E-state index is 6.05. The smallest absolute Gasteiger partial charge is 0.140 e. The molecule has 1 saturated carbocycles. The van der Waals surface area contributed by atoms with Crippen molar-refractivity contribution >= 4 is 11.6 Å². The van der Waals surface area contributed by atoms with Gasteiger partial charge in [-0.05, 0) is 30.9 Å². The van der Waals surface area contributed by atoms with Crippen LogP contribution in [-0.4, -0.2) is 12.6 Å². The quantitative estimate of drug-likeness (QED) is 0.833. The number of hydrogen-bond acceptors (Lipinski definition) is 2. The van der Waals surface area contributed by atoms with Crippen LogP contribution in [0.2, 0.25) is 5.02 Å². The van der Waals surface area contributed by atoms with Gasteiger partial charge in [0.25, 0.3) is 0 Å². The van der Waals surface area contributed by atoms with Crippen LogP contribution in [0.4, 0.5) is 0 Å². The van der Waals surface area contributed by atoms with Crippen LogP contribution in [0.5, 0.6) is 5.75 Å². The number of halogens is 1. The average molecular weight is 212 g/mol. The highest BCUT2D eigenvalue weighted by atomic mass is 35.5. The lowest BCUT2D eigenvalue weighted by Crippen LogP contribution is -2.24. The van der Waals surface area contributed by atoms with Gasteiger partial charge in [0.15, 0.2) is 0 Å².